The van der Waals surface area contributed by atoms with Crippen molar-refractivity contribution in [2.24, 2.45) is 5.41 Å². The van der Waals surface area contributed by atoms with E-state index in [1.54, 1.807) is 55.7 Å². The Morgan fingerprint density at radius 1 is 0.657 bits per heavy atom. The van der Waals surface area contributed by atoms with Gasteiger partial charge in [0.05, 0.1) is 45.3 Å². The summed E-state index contributed by atoms with van der Waals surface area (Å²) in [5.74, 6) is 0.162. The number of benzene rings is 4. The number of aryl methyl sites for hydroxylation is 1. The summed E-state index contributed by atoms with van der Waals surface area (Å²) >= 11 is 13.7. The van der Waals surface area contributed by atoms with E-state index in [1.807, 2.05) is 50.2 Å². The maximum absolute atomic E-state index is 12.4. The summed E-state index contributed by atoms with van der Waals surface area (Å²) in [4.78, 5) is 32.6. The van der Waals surface area contributed by atoms with E-state index in [2.05, 4.69) is 27.4 Å². The fraction of sp³-hybridized carbons (Fsp3) is 0.296. The summed E-state index contributed by atoms with van der Waals surface area (Å²) in [5, 5.41) is 52.1. The number of hydrogen-bond acceptors (Lipinski definition) is 13. The monoisotopic (exact) mass is 985 g/mol. The number of nitriles is 2. The molecule has 0 aliphatic heterocycles. The fourth-order valence-electron chi connectivity index (χ4n) is 7.37. The minimum atomic E-state index is -1.38. The smallest absolute Gasteiger partial charge is 0.311 e. The molecule has 14 nitrogen and oxygen atoms in total. The van der Waals surface area contributed by atoms with Crippen LogP contribution in [-0.4, -0.2) is 55.8 Å². The van der Waals surface area contributed by atoms with Gasteiger partial charge >= 0.3 is 5.97 Å². The number of aromatic nitrogens is 2. The van der Waals surface area contributed by atoms with Crippen LogP contribution in [0.1, 0.15) is 82.8 Å². The van der Waals surface area contributed by atoms with Gasteiger partial charge in [0.15, 0.2) is 5.78 Å². The number of carbonyl (C=O) groups excluding carboxylic acids is 1. The second kappa shape index (κ2) is 23.5. The molecule has 2 heterocycles. The third kappa shape index (κ3) is 12.8. The lowest BCUT2D eigenvalue weighted by Crippen LogP contribution is -2.51. The zero-order valence-corrected chi connectivity index (χ0v) is 40.9. The SMILES string of the molecule is CC(=O)[C@](C)(CO)NCc1cc(Cl)c(OCc2cccc(-c3cccc(COc4cc(OCc5cncc(C#N)c5)c(CC[C@@](C)(CO)C(=O)O)cc4Cl)c3C)c2C)cc1OCc1cncc(C#N)c1. The lowest BCUT2D eigenvalue weighted by molar-refractivity contribution is -0.150. The number of hydrogen-bond donors (Lipinski definition) is 4. The van der Waals surface area contributed by atoms with Crippen LogP contribution in [0.3, 0.4) is 0 Å². The van der Waals surface area contributed by atoms with Crippen LogP contribution in [0.15, 0.2) is 97.6 Å². The zero-order valence-electron chi connectivity index (χ0n) is 39.4. The maximum atomic E-state index is 12.4. The van der Waals surface area contributed by atoms with Crippen molar-refractivity contribution in [2.45, 2.75) is 86.0 Å². The molecule has 6 aromatic rings. The number of halogens is 2. The van der Waals surface area contributed by atoms with Gasteiger partial charge in [-0.1, -0.05) is 59.6 Å². The molecule has 0 radical (unpaired) electrons. The minimum absolute atomic E-state index is 0.0667. The Kier molecular flexibility index (Phi) is 17.6. The molecule has 0 saturated carbocycles. The lowest BCUT2D eigenvalue weighted by atomic mass is 9.85. The van der Waals surface area contributed by atoms with Crippen molar-refractivity contribution in [1.29, 1.82) is 10.5 Å². The summed E-state index contributed by atoms with van der Waals surface area (Å²) in [5.41, 5.74) is 6.46. The second-order valence-corrected chi connectivity index (χ2v) is 18.2. The first-order valence-electron chi connectivity index (χ1n) is 22.2. The molecule has 0 saturated heterocycles. The highest BCUT2D eigenvalue weighted by Gasteiger charge is 2.33. The Bertz CT molecular complexity index is 2770. The summed E-state index contributed by atoms with van der Waals surface area (Å²) in [7, 11) is 0. The minimum Gasteiger partial charge on any atom is -0.488 e. The average molecular weight is 987 g/mol. The highest BCUT2D eigenvalue weighted by molar-refractivity contribution is 6.32. The van der Waals surface area contributed by atoms with Gasteiger partial charge in [0.2, 0.25) is 0 Å². The predicted octanol–water partition coefficient (Wildman–Crippen LogP) is 9.57. The number of carboxylic acid groups (broad SMARTS) is 1. The number of ether oxygens (including phenoxy) is 4. The summed E-state index contributed by atoms with van der Waals surface area (Å²) in [6.45, 7) is 8.18. The molecule has 0 aliphatic carbocycles. The normalized spacial score (nSPS) is 12.7. The molecule has 0 spiro atoms. The number of ketones is 1. The number of aliphatic hydroxyl groups excluding tert-OH is 2. The molecule has 16 heteroatoms. The average Bonchev–Trinajstić information content (AvgIpc) is 3.36. The Hall–Kier alpha value is -7.04. The van der Waals surface area contributed by atoms with E-state index in [4.69, 9.17) is 42.1 Å². The Morgan fingerprint density at radius 2 is 1.13 bits per heavy atom. The highest BCUT2D eigenvalue weighted by atomic mass is 35.5. The van der Waals surface area contributed by atoms with Crippen molar-refractivity contribution < 1.29 is 43.9 Å². The molecule has 4 N–H and O–H groups in total. The van der Waals surface area contributed by atoms with Gasteiger partial charge in [-0.2, -0.15) is 10.5 Å². The van der Waals surface area contributed by atoms with Gasteiger partial charge < -0.3 is 34.3 Å². The van der Waals surface area contributed by atoms with E-state index in [9.17, 15) is 35.4 Å². The first kappa shape index (κ1) is 52.3. The van der Waals surface area contributed by atoms with Crippen LogP contribution in [0.2, 0.25) is 10.0 Å². The molecule has 70 heavy (non-hydrogen) atoms. The van der Waals surface area contributed by atoms with E-state index in [0.29, 0.717) is 66.4 Å². The van der Waals surface area contributed by atoms with Crippen LogP contribution in [-0.2, 0) is 49.0 Å². The second-order valence-electron chi connectivity index (χ2n) is 17.4. The third-order valence-corrected chi connectivity index (χ3v) is 13.0. The molecular weight excluding hydrogens is 934 g/mol. The van der Waals surface area contributed by atoms with Gasteiger partial charge in [-0.3, -0.25) is 24.9 Å². The van der Waals surface area contributed by atoms with Crippen LogP contribution in [0, 0.1) is 41.9 Å². The van der Waals surface area contributed by atoms with Crippen molar-refractivity contribution in [3.05, 3.63) is 163 Å². The Labute approximate surface area is 417 Å². The van der Waals surface area contributed by atoms with Crippen molar-refractivity contribution in [2.75, 3.05) is 13.2 Å². The molecule has 2 aromatic heterocycles. The molecule has 0 amide bonds. The number of aliphatic carboxylic acids is 1. The number of nitrogens with zero attached hydrogens (tertiary/aromatic N) is 4. The number of carbonyl (C=O) groups is 2. The molecule has 362 valence electrons. The molecule has 0 fully saturated rings. The number of Topliss-reactive ketones (excluding diaryl/α,β-unsaturated/α-hetero) is 1. The summed E-state index contributed by atoms with van der Waals surface area (Å²) < 4.78 is 25.2. The van der Waals surface area contributed by atoms with Gasteiger partial charge in [0.25, 0.3) is 0 Å². The summed E-state index contributed by atoms with van der Waals surface area (Å²) in [6.07, 6.45) is 6.46. The first-order valence-corrected chi connectivity index (χ1v) is 23.0. The van der Waals surface area contributed by atoms with Gasteiger partial charge in [0.1, 0.15) is 61.6 Å². The first-order chi connectivity index (χ1) is 33.5. The van der Waals surface area contributed by atoms with E-state index in [0.717, 1.165) is 33.4 Å². The number of nitrogens with one attached hydrogen (secondary N) is 1. The van der Waals surface area contributed by atoms with Crippen molar-refractivity contribution in [1.82, 2.24) is 15.3 Å². The molecule has 2 atom stereocenters. The van der Waals surface area contributed by atoms with Crippen molar-refractivity contribution >= 4 is 35.0 Å². The maximum Gasteiger partial charge on any atom is 0.311 e. The molecule has 0 unspecified atom stereocenters. The van der Waals surface area contributed by atoms with Crippen LogP contribution >= 0.6 is 23.2 Å². The van der Waals surface area contributed by atoms with Gasteiger partial charge in [-0.15, -0.1) is 0 Å². The van der Waals surface area contributed by atoms with Gasteiger partial charge in [-0.25, -0.2) is 0 Å². The van der Waals surface area contributed by atoms with Crippen LogP contribution in [0.25, 0.3) is 11.1 Å². The number of carboxylic acids is 1. The molecule has 0 bridgehead atoms. The standard InChI is InChI=1S/C54H53Cl2N5O9/c1-33-41(29-69-50-18-48(67-27-38-14-36(20-57)22-59-24-38)40(16-46(50)55)12-13-53(4,31-62)52(65)66)8-6-10-44(33)45-11-7-9-42(34(45)2)30-70-51-19-49(68-28-39-15-37(21-58)23-60-25-39)43(17-47(51)56)26-61-54(5,32-63)35(3)64/h6-11,14-19,22-25,61-63H,12-13,26-32H2,1-5H3,(H,65,66)/t53-,54-/m0/s1. The Balaban J connectivity index is 1.22. The fourth-order valence-corrected chi connectivity index (χ4v) is 7.85. The zero-order chi connectivity index (χ0) is 50.6. The number of pyridine rings is 2. The molecule has 4 aromatic carbocycles. The number of aliphatic hydroxyl groups is 2. The lowest BCUT2D eigenvalue weighted by Gasteiger charge is -2.26. The highest BCUT2D eigenvalue weighted by Crippen LogP contribution is 2.39. The number of rotatable bonds is 23. The van der Waals surface area contributed by atoms with Crippen LogP contribution in [0.5, 0.6) is 23.0 Å². The third-order valence-electron chi connectivity index (χ3n) is 12.4. The van der Waals surface area contributed by atoms with Crippen molar-refractivity contribution in [3.8, 4) is 46.3 Å². The quantitative estimate of drug-likeness (QED) is 0.0470. The van der Waals surface area contributed by atoms with E-state index >= 15 is 0 Å². The largest absolute Gasteiger partial charge is 0.488 e. The predicted molar refractivity (Wildman–Crippen MR) is 264 cm³/mol. The molecular formula is C54H53Cl2N5O9. The molecule has 0 aliphatic rings. The van der Waals surface area contributed by atoms with Crippen LogP contribution < -0.4 is 24.3 Å². The topological polar surface area (TPSA) is 217 Å². The van der Waals surface area contributed by atoms with Gasteiger partial charge in [-0.05, 0) is 111 Å². The van der Waals surface area contributed by atoms with Gasteiger partial charge in [0, 0.05) is 60.2 Å². The van der Waals surface area contributed by atoms with Crippen LogP contribution in [0.4, 0.5) is 0 Å². The molecule has 6 rings (SSSR count). The van der Waals surface area contributed by atoms with Crippen molar-refractivity contribution in [3.63, 3.8) is 0 Å². The summed E-state index contributed by atoms with van der Waals surface area (Å²) in [6, 6.07) is 26.2. The van der Waals surface area contributed by atoms with E-state index in [-0.39, 0.29) is 51.6 Å². The Morgan fingerprint density at radius 3 is 1.57 bits per heavy atom. The van der Waals surface area contributed by atoms with E-state index < -0.39 is 30.1 Å². The van der Waals surface area contributed by atoms with E-state index in [1.165, 1.54) is 26.2 Å².